The lowest BCUT2D eigenvalue weighted by Gasteiger charge is -2.28. The third-order valence-electron chi connectivity index (χ3n) is 6.17. The largest absolute Gasteiger partial charge is 0.458 e. The molecule has 0 unspecified atom stereocenters. The minimum Gasteiger partial charge on any atom is -0.458 e. The van der Waals surface area contributed by atoms with E-state index in [9.17, 15) is 9.59 Å². The number of nitrogens with zero attached hydrogens (tertiary/aromatic N) is 1. The first-order valence-electron chi connectivity index (χ1n) is 13.0. The van der Waals surface area contributed by atoms with Crippen LogP contribution in [0.1, 0.15) is 60.2 Å². The lowest BCUT2D eigenvalue weighted by Crippen LogP contribution is -2.36. The minimum atomic E-state index is -1.01. The summed E-state index contributed by atoms with van der Waals surface area (Å²) in [4.78, 5) is 32.5. The molecule has 0 bridgehead atoms. The summed E-state index contributed by atoms with van der Waals surface area (Å²) < 4.78 is 5.90. The van der Waals surface area contributed by atoms with Crippen molar-refractivity contribution >= 4 is 29.1 Å². The molecule has 0 aliphatic carbocycles. The monoisotopic (exact) mass is 537 g/mol. The summed E-state index contributed by atoms with van der Waals surface area (Å²) in [6, 6.07) is 34.8. The van der Waals surface area contributed by atoms with E-state index in [-0.39, 0.29) is 12.2 Å². The topological polar surface area (TPSA) is 55.7 Å². The lowest BCUT2D eigenvalue weighted by molar-refractivity contribution is -0.156. The van der Waals surface area contributed by atoms with Gasteiger partial charge in [0.05, 0.1) is 5.71 Å². The van der Waals surface area contributed by atoms with E-state index in [0.29, 0.717) is 16.3 Å². The number of benzene rings is 4. The summed E-state index contributed by atoms with van der Waals surface area (Å²) in [5, 5.41) is 0.517. The number of carbonyl (C=O) groups excluding carboxylic acids is 2. The molecule has 0 radical (unpaired) electrons. The van der Waals surface area contributed by atoms with E-state index in [1.165, 1.54) is 0 Å². The fourth-order valence-electron chi connectivity index (χ4n) is 4.41. The fraction of sp³-hybridized carbons (Fsp3) is 0.206. The van der Waals surface area contributed by atoms with Crippen LogP contribution < -0.4 is 0 Å². The molecular weight excluding hydrogens is 506 g/mol. The highest BCUT2D eigenvalue weighted by Gasteiger charge is 2.35. The number of hydrogen-bond acceptors (Lipinski definition) is 4. The van der Waals surface area contributed by atoms with Crippen molar-refractivity contribution in [1.29, 1.82) is 0 Å². The van der Waals surface area contributed by atoms with E-state index in [0.717, 1.165) is 16.7 Å². The predicted octanol–water partition coefficient (Wildman–Crippen LogP) is 7.94. The molecule has 5 heteroatoms. The first-order valence-corrected chi connectivity index (χ1v) is 13.3. The number of ether oxygens (including phenoxy) is 1. The van der Waals surface area contributed by atoms with E-state index in [4.69, 9.17) is 21.3 Å². The van der Waals surface area contributed by atoms with E-state index >= 15 is 0 Å². The van der Waals surface area contributed by atoms with Crippen LogP contribution in [-0.2, 0) is 9.53 Å². The average molecular weight is 538 g/mol. The van der Waals surface area contributed by atoms with Crippen molar-refractivity contribution in [2.24, 2.45) is 4.99 Å². The van der Waals surface area contributed by atoms with Gasteiger partial charge in [-0.25, -0.2) is 4.79 Å². The van der Waals surface area contributed by atoms with Crippen molar-refractivity contribution in [2.75, 3.05) is 0 Å². The van der Waals surface area contributed by atoms with E-state index in [2.05, 4.69) is 0 Å². The smallest absolute Gasteiger partial charge is 0.332 e. The number of aliphatic imine (C=N–C) groups is 1. The summed E-state index contributed by atoms with van der Waals surface area (Å²) in [5.41, 5.74) is 2.93. The second-order valence-electron chi connectivity index (χ2n) is 10.3. The number of ketones is 1. The Labute approximate surface area is 235 Å². The lowest BCUT2D eigenvalue weighted by atomic mass is 9.85. The maximum absolute atomic E-state index is 13.9. The van der Waals surface area contributed by atoms with Gasteiger partial charge in [0, 0.05) is 34.1 Å². The van der Waals surface area contributed by atoms with Gasteiger partial charge in [-0.05, 0) is 38.5 Å². The molecule has 0 aromatic heterocycles. The van der Waals surface area contributed by atoms with E-state index in [1.807, 2.05) is 112 Å². The molecule has 4 aromatic rings. The molecule has 0 heterocycles. The Morgan fingerprint density at radius 1 is 0.744 bits per heavy atom. The molecule has 39 heavy (non-hydrogen) atoms. The van der Waals surface area contributed by atoms with Gasteiger partial charge in [0.2, 0.25) is 0 Å². The molecule has 4 rings (SSSR count). The Hall–Kier alpha value is -4.02. The molecule has 0 saturated carbocycles. The molecule has 2 atom stereocenters. The van der Waals surface area contributed by atoms with Gasteiger partial charge < -0.3 is 4.74 Å². The Bertz CT molecular complexity index is 1390. The predicted molar refractivity (Wildman–Crippen MR) is 158 cm³/mol. The highest BCUT2D eigenvalue weighted by atomic mass is 35.5. The van der Waals surface area contributed by atoms with Gasteiger partial charge >= 0.3 is 5.97 Å². The number of halogens is 1. The molecular formula is C34H32ClNO3. The summed E-state index contributed by atoms with van der Waals surface area (Å²) in [7, 11) is 0. The third-order valence-corrected chi connectivity index (χ3v) is 6.41. The maximum Gasteiger partial charge on any atom is 0.332 e. The summed E-state index contributed by atoms with van der Waals surface area (Å²) in [5.74, 6) is -1.21. The molecule has 4 aromatic carbocycles. The number of Topliss-reactive ketones (excluding diaryl/α,β-unsaturated/α-hetero) is 1. The van der Waals surface area contributed by atoms with Crippen molar-refractivity contribution in [3.8, 4) is 0 Å². The van der Waals surface area contributed by atoms with Crippen LogP contribution in [0.25, 0.3) is 0 Å². The van der Waals surface area contributed by atoms with Gasteiger partial charge in [-0.3, -0.25) is 9.79 Å². The van der Waals surface area contributed by atoms with Gasteiger partial charge in [0.15, 0.2) is 11.8 Å². The Balaban J connectivity index is 1.90. The van der Waals surface area contributed by atoms with E-state index < -0.39 is 23.5 Å². The maximum atomic E-state index is 13.9. The van der Waals surface area contributed by atoms with Gasteiger partial charge in [0.25, 0.3) is 0 Å². The van der Waals surface area contributed by atoms with Gasteiger partial charge in [-0.1, -0.05) is 115 Å². The molecule has 0 fully saturated rings. The standard InChI is InChI=1S/C34H32ClNO3/c1-34(2,3)39-33(38)32(36-31(25-16-9-5-10-17-25)26-18-11-6-12-19-26)29(27-20-13-21-28(35)22-27)23-30(37)24-14-7-4-8-15-24/h4-22,29,32H,23H2,1-3H3/t29-,32+/m1/s1. The zero-order valence-corrected chi connectivity index (χ0v) is 23.1. The number of rotatable bonds is 9. The van der Waals surface area contributed by atoms with Crippen molar-refractivity contribution in [1.82, 2.24) is 0 Å². The molecule has 0 N–H and O–H groups in total. The zero-order chi connectivity index (χ0) is 27.8. The first kappa shape index (κ1) is 28.0. The quantitative estimate of drug-likeness (QED) is 0.124. The van der Waals surface area contributed by atoms with Crippen molar-refractivity contribution in [3.05, 3.63) is 143 Å². The van der Waals surface area contributed by atoms with Crippen LogP contribution in [0.4, 0.5) is 0 Å². The van der Waals surface area contributed by atoms with Crippen LogP contribution in [0, 0.1) is 0 Å². The SMILES string of the molecule is CC(C)(C)OC(=O)[C@@H](N=C(c1ccccc1)c1ccccc1)[C@H](CC(=O)c1ccccc1)c1cccc(Cl)c1. The summed E-state index contributed by atoms with van der Waals surface area (Å²) in [6.45, 7) is 5.47. The van der Waals surface area contributed by atoms with Gasteiger partial charge in [-0.15, -0.1) is 0 Å². The molecule has 0 aliphatic heterocycles. The minimum absolute atomic E-state index is 0.0502. The van der Waals surface area contributed by atoms with Crippen LogP contribution in [0.2, 0.25) is 5.02 Å². The van der Waals surface area contributed by atoms with Gasteiger partial charge in [-0.2, -0.15) is 0 Å². The van der Waals surface area contributed by atoms with Crippen LogP contribution >= 0.6 is 11.6 Å². The van der Waals surface area contributed by atoms with Crippen LogP contribution in [-0.4, -0.2) is 29.1 Å². The van der Waals surface area contributed by atoms with Crippen molar-refractivity contribution in [2.45, 2.75) is 44.8 Å². The summed E-state index contributed by atoms with van der Waals surface area (Å²) >= 11 is 6.39. The third kappa shape index (κ3) is 7.75. The van der Waals surface area contributed by atoms with Gasteiger partial charge in [0.1, 0.15) is 5.60 Å². The molecule has 4 nitrogen and oxygen atoms in total. The van der Waals surface area contributed by atoms with Crippen molar-refractivity contribution in [3.63, 3.8) is 0 Å². The molecule has 0 saturated heterocycles. The second-order valence-corrected chi connectivity index (χ2v) is 10.8. The number of esters is 1. The Morgan fingerprint density at radius 3 is 1.74 bits per heavy atom. The highest BCUT2D eigenvalue weighted by molar-refractivity contribution is 6.30. The molecule has 198 valence electrons. The Morgan fingerprint density at radius 2 is 1.26 bits per heavy atom. The molecule has 0 spiro atoms. The second kappa shape index (κ2) is 12.7. The number of carbonyl (C=O) groups is 2. The highest BCUT2D eigenvalue weighted by Crippen LogP contribution is 2.32. The Kier molecular flexibility index (Phi) is 9.11. The number of hydrogen-bond donors (Lipinski definition) is 0. The van der Waals surface area contributed by atoms with Crippen LogP contribution in [0.3, 0.4) is 0 Å². The fourth-order valence-corrected chi connectivity index (χ4v) is 4.61. The normalized spacial score (nSPS) is 12.7. The van der Waals surface area contributed by atoms with Crippen LogP contribution in [0.5, 0.6) is 0 Å². The average Bonchev–Trinajstić information content (AvgIpc) is 2.93. The molecule has 0 aliphatic rings. The van der Waals surface area contributed by atoms with E-state index in [1.54, 1.807) is 24.3 Å². The zero-order valence-electron chi connectivity index (χ0n) is 22.4. The van der Waals surface area contributed by atoms with Crippen molar-refractivity contribution < 1.29 is 14.3 Å². The molecule has 0 amide bonds. The first-order chi connectivity index (χ1) is 18.7. The van der Waals surface area contributed by atoms with Crippen LogP contribution in [0.15, 0.2) is 120 Å². The summed E-state index contributed by atoms with van der Waals surface area (Å²) in [6.07, 6.45) is 0.0502.